The van der Waals surface area contributed by atoms with Crippen molar-refractivity contribution >= 4 is 32.9 Å². The molecule has 3 N–H and O–H groups in total. The second-order valence-electron chi connectivity index (χ2n) is 4.19. The minimum Gasteiger partial charge on any atom is -0.389 e. The molecule has 0 radical (unpaired) electrons. The molecule has 104 valence electrons. The molecule has 2 aromatic rings. The highest BCUT2D eigenvalue weighted by molar-refractivity contribution is 7.92. The average molecular weight is 307 g/mol. The van der Waals surface area contributed by atoms with Crippen molar-refractivity contribution in [2.45, 2.75) is 11.8 Å². The number of hydrogen-bond donors (Lipinski definition) is 2. The standard InChI is InChI=1S/C13H13N3O2S2/c1-9-2-3-10(13(14)19)8-12(9)20(17,18)16-11-4-6-15-7-5-11/h2-8H,1H3,(H2,14,19)(H,15,16). The van der Waals surface area contributed by atoms with E-state index in [-0.39, 0.29) is 9.88 Å². The van der Waals surface area contributed by atoms with Gasteiger partial charge in [-0.15, -0.1) is 0 Å². The molecule has 1 heterocycles. The van der Waals surface area contributed by atoms with Crippen LogP contribution in [0.5, 0.6) is 0 Å². The number of anilines is 1. The van der Waals surface area contributed by atoms with E-state index in [1.165, 1.54) is 18.5 Å². The lowest BCUT2D eigenvalue weighted by molar-refractivity contribution is 0.600. The highest BCUT2D eigenvalue weighted by Crippen LogP contribution is 2.20. The number of nitrogens with one attached hydrogen (secondary N) is 1. The van der Waals surface area contributed by atoms with Crippen LogP contribution in [0, 0.1) is 6.92 Å². The number of benzene rings is 1. The number of nitrogens with zero attached hydrogens (tertiary/aromatic N) is 1. The molecule has 7 heteroatoms. The van der Waals surface area contributed by atoms with Crippen molar-refractivity contribution in [2.24, 2.45) is 5.73 Å². The lowest BCUT2D eigenvalue weighted by Crippen LogP contribution is -2.16. The van der Waals surface area contributed by atoms with Crippen molar-refractivity contribution in [3.63, 3.8) is 0 Å². The van der Waals surface area contributed by atoms with E-state index < -0.39 is 10.0 Å². The summed E-state index contributed by atoms with van der Waals surface area (Å²) in [6.45, 7) is 1.71. The Hall–Kier alpha value is -1.99. The fourth-order valence-electron chi connectivity index (χ4n) is 1.67. The Morgan fingerprint density at radius 1 is 1.25 bits per heavy atom. The highest BCUT2D eigenvalue weighted by Gasteiger charge is 2.18. The fraction of sp³-hybridized carbons (Fsp3) is 0.0769. The number of nitrogens with two attached hydrogens (primary N) is 1. The molecule has 0 saturated heterocycles. The molecule has 20 heavy (non-hydrogen) atoms. The van der Waals surface area contributed by atoms with Gasteiger partial charge in [-0.2, -0.15) is 0 Å². The molecule has 0 saturated carbocycles. The third kappa shape index (κ3) is 3.12. The molecule has 0 amide bonds. The summed E-state index contributed by atoms with van der Waals surface area (Å²) in [7, 11) is -3.69. The molecule has 0 fully saturated rings. The van der Waals surface area contributed by atoms with Crippen LogP contribution in [0.25, 0.3) is 0 Å². The van der Waals surface area contributed by atoms with Crippen molar-refractivity contribution < 1.29 is 8.42 Å². The molecule has 1 aromatic heterocycles. The van der Waals surface area contributed by atoms with Gasteiger partial charge in [0.1, 0.15) is 4.99 Å². The van der Waals surface area contributed by atoms with Crippen LogP contribution in [-0.2, 0) is 10.0 Å². The first-order chi connectivity index (χ1) is 9.40. The monoisotopic (exact) mass is 307 g/mol. The second kappa shape index (κ2) is 5.56. The van der Waals surface area contributed by atoms with E-state index in [1.54, 1.807) is 31.2 Å². The van der Waals surface area contributed by atoms with Gasteiger partial charge in [-0.05, 0) is 30.7 Å². The summed E-state index contributed by atoms with van der Waals surface area (Å²) in [5, 5.41) is 0. The van der Waals surface area contributed by atoms with E-state index in [0.29, 0.717) is 16.8 Å². The quantitative estimate of drug-likeness (QED) is 0.842. The maximum absolute atomic E-state index is 12.4. The molecular weight excluding hydrogens is 294 g/mol. The van der Waals surface area contributed by atoms with Crippen molar-refractivity contribution in [1.82, 2.24) is 4.98 Å². The van der Waals surface area contributed by atoms with Crippen molar-refractivity contribution in [1.29, 1.82) is 0 Å². The largest absolute Gasteiger partial charge is 0.389 e. The van der Waals surface area contributed by atoms with Crippen LogP contribution in [-0.4, -0.2) is 18.4 Å². The highest BCUT2D eigenvalue weighted by atomic mass is 32.2. The third-order valence-corrected chi connectivity index (χ3v) is 4.45. The molecule has 0 bridgehead atoms. The molecule has 0 unspecified atom stereocenters. The van der Waals surface area contributed by atoms with Crippen LogP contribution < -0.4 is 10.5 Å². The number of aromatic nitrogens is 1. The Kier molecular flexibility index (Phi) is 4.01. The summed E-state index contributed by atoms with van der Waals surface area (Å²) in [6, 6.07) is 7.99. The maximum atomic E-state index is 12.4. The molecule has 0 aliphatic heterocycles. The lowest BCUT2D eigenvalue weighted by atomic mass is 10.1. The SMILES string of the molecule is Cc1ccc(C(N)=S)cc1S(=O)(=O)Nc1ccncc1. The van der Waals surface area contributed by atoms with E-state index in [2.05, 4.69) is 9.71 Å². The van der Waals surface area contributed by atoms with Crippen LogP contribution >= 0.6 is 12.2 Å². The van der Waals surface area contributed by atoms with Gasteiger partial charge >= 0.3 is 0 Å². The van der Waals surface area contributed by atoms with E-state index in [1.807, 2.05) is 0 Å². The topological polar surface area (TPSA) is 85.1 Å². The first kappa shape index (κ1) is 14.4. The normalized spacial score (nSPS) is 11.1. The zero-order chi connectivity index (χ0) is 14.8. The first-order valence-electron chi connectivity index (χ1n) is 5.73. The number of hydrogen-bond acceptors (Lipinski definition) is 4. The van der Waals surface area contributed by atoms with E-state index >= 15 is 0 Å². The Morgan fingerprint density at radius 3 is 2.50 bits per heavy atom. The lowest BCUT2D eigenvalue weighted by Gasteiger charge is -2.11. The van der Waals surface area contributed by atoms with Crippen molar-refractivity contribution in [3.05, 3.63) is 53.9 Å². The number of sulfonamides is 1. The number of rotatable bonds is 4. The zero-order valence-electron chi connectivity index (χ0n) is 10.7. The predicted octanol–water partition coefficient (Wildman–Crippen LogP) is 1.83. The summed E-state index contributed by atoms with van der Waals surface area (Å²) in [6.07, 6.45) is 3.02. The van der Waals surface area contributed by atoms with Crippen LogP contribution in [0.1, 0.15) is 11.1 Å². The van der Waals surface area contributed by atoms with Gasteiger partial charge in [-0.25, -0.2) is 8.42 Å². The molecule has 1 aromatic carbocycles. The molecule has 0 spiro atoms. The number of aryl methyl sites for hydroxylation is 1. The molecule has 2 rings (SSSR count). The summed E-state index contributed by atoms with van der Waals surface area (Å²) in [5.74, 6) is 0. The first-order valence-corrected chi connectivity index (χ1v) is 7.62. The van der Waals surface area contributed by atoms with Gasteiger partial charge < -0.3 is 5.73 Å². The number of pyridine rings is 1. The molecule has 5 nitrogen and oxygen atoms in total. The predicted molar refractivity (Wildman–Crippen MR) is 82.1 cm³/mol. The molecule has 0 aliphatic rings. The minimum atomic E-state index is -3.69. The summed E-state index contributed by atoms with van der Waals surface area (Å²) < 4.78 is 27.3. The Bertz CT molecular complexity index is 743. The van der Waals surface area contributed by atoms with Gasteiger partial charge in [-0.1, -0.05) is 24.4 Å². The van der Waals surface area contributed by atoms with Gasteiger partial charge in [0.2, 0.25) is 0 Å². The zero-order valence-corrected chi connectivity index (χ0v) is 12.3. The van der Waals surface area contributed by atoms with Crippen LogP contribution in [0.2, 0.25) is 0 Å². The van der Waals surface area contributed by atoms with Crippen LogP contribution in [0.15, 0.2) is 47.6 Å². The fourth-order valence-corrected chi connectivity index (χ4v) is 3.13. The van der Waals surface area contributed by atoms with Crippen LogP contribution in [0.3, 0.4) is 0 Å². The third-order valence-electron chi connectivity index (χ3n) is 2.69. The molecular formula is C13H13N3O2S2. The van der Waals surface area contributed by atoms with E-state index in [9.17, 15) is 8.42 Å². The second-order valence-corrected chi connectivity index (χ2v) is 6.28. The number of thiocarbonyl (C=S) groups is 1. The Morgan fingerprint density at radius 2 is 1.90 bits per heavy atom. The van der Waals surface area contributed by atoms with Gasteiger partial charge in [0, 0.05) is 18.0 Å². The molecule has 0 aliphatic carbocycles. The Labute approximate surface area is 122 Å². The van der Waals surface area contributed by atoms with E-state index in [4.69, 9.17) is 18.0 Å². The van der Waals surface area contributed by atoms with Crippen molar-refractivity contribution in [3.8, 4) is 0 Å². The average Bonchev–Trinajstić information content (AvgIpc) is 2.39. The van der Waals surface area contributed by atoms with Gasteiger partial charge in [0.25, 0.3) is 10.0 Å². The van der Waals surface area contributed by atoms with Gasteiger partial charge in [0.05, 0.1) is 10.6 Å². The minimum absolute atomic E-state index is 0.152. The summed E-state index contributed by atoms with van der Waals surface area (Å²) in [4.78, 5) is 4.14. The summed E-state index contributed by atoms with van der Waals surface area (Å²) in [5.41, 5.74) is 7.11. The smallest absolute Gasteiger partial charge is 0.262 e. The van der Waals surface area contributed by atoms with E-state index in [0.717, 1.165) is 0 Å². The summed E-state index contributed by atoms with van der Waals surface area (Å²) >= 11 is 4.87. The van der Waals surface area contributed by atoms with Gasteiger partial charge in [-0.3, -0.25) is 9.71 Å². The molecule has 0 atom stereocenters. The van der Waals surface area contributed by atoms with Crippen molar-refractivity contribution in [2.75, 3.05) is 4.72 Å². The van der Waals surface area contributed by atoms with Crippen LogP contribution in [0.4, 0.5) is 5.69 Å². The van der Waals surface area contributed by atoms with Gasteiger partial charge in [0.15, 0.2) is 0 Å². The Balaban J connectivity index is 2.44. The maximum Gasteiger partial charge on any atom is 0.262 e.